The summed E-state index contributed by atoms with van der Waals surface area (Å²) in [5.41, 5.74) is 2.55. The van der Waals surface area contributed by atoms with Crippen LogP contribution in [-0.2, 0) is 14.3 Å². The second-order valence-electron chi connectivity index (χ2n) is 8.62. The molecule has 0 spiro atoms. The van der Waals surface area contributed by atoms with Crippen molar-refractivity contribution in [1.82, 2.24) is 0 Å². The third-order valence-corrected chi connectivity index (χ3v) is 6.39. The van der Waals surface area contributed by atoms with Crippen LogP contribution in [0.1, 0.15) is 75.8 Å². The maximum absolute atomic E-state index is 12.5. The molecule has 0 radical (unpaired) electrons. The van der Waals surface area contributed by atoms with E-state index in [9.17, 15) is 4.79 Å². The van der Waals surface area contributed by atoms with Gasteiger partial charge in [0.2, 0.25) is 0 Å². The van der Waals surface area contributed by atoms with Gasteiger partial charge in [-0.2, -0.15) is 0 Å². The van der Waals surface area contributed by atoms with Crippen LogP contribution < -0.4 is 4.74 Å². The van der Waals surface area contributed by atoms with Crippen molar-refractivity contribution in [2.24, 2.45) is 5.92 Å². The lowest BCUT2D eigenvalue weighted by molar-refractivity contribution is -0.180. The summed E-state index contributed by atoms with van der Waals surface area (Å²) in [4.78, 5) is 12.5. The first kappa shape index (κ1) is 23.3. The van der Waals surface area contributed by atoms with Crippen LogP contribution >= 0.6 is 0 Å². The molecule has 3 atom stereocenters. The van der Waals surface area contributed by atoms with E-state index in [1.807, 2.05) is 56.3 Å². The van der Waals surface area contributed by atoms with Crippen molar-refractivity contribution < 1.29 is 19.0 Å². The van der Waals surface area contributed by atoms with E-state index >= 15 is 0 Å². The molecule has 0 bridgehead atoms. The summed E-state index contributed by atoms with van der Waals surface area (Å²) < 4.78 is 16.9. The number of benzene rings is 2. The largest absolute Gasteiger partial charge is 0.491 e. The van der Waals surface area contributed by atoms with Crippen molar-refractivity contribution in [3.8, 4) is 5.75 Å². The van der Waals surface area contributed by atoms with Crippen LogP contribution in [0.4, 0.5) is 0 Å². The fourth-order valence-electron chi connectivity index (χ4n) is 4.20. The number of hydrogen-bond donors (Lipinski definition) is 0. The molecule has 0 heterocycles. The van der Waals surface area contributed by atoms with E-state index in [1.165, 1.54) is 37.7 Å². The molecule has 1 aliphatic rings. The van der Waals surface area contributed by atoms with Crippen molar-refractivity contribution in [3.05, 3.63) is 65.7 Å². The lowest BCUT2D eigenvalue weighted by atomic mass is 9.84. The first-order valence-corrected chi connectivity index (χ1v) is 11.6. The quantitative estimate of drug-likeness (QED) is 0.249. The van der Waals surface area contributed by atoms with Crippen molar-refractivity contribution in [2.45, 2.75) is 71.0 Å². The Morgan fingerprint density at radius 1 is 0.903 bits per heavy atom. The van der Waals surface area contributed by atoms with E-state index in [0.29, 0.717) is 19.1 Å². The average Bonchev–Trinajstić information content (AvgIpc) is 2.82. The van der Waals surface area contributed by atoms with Gasteiger partial charge in [0.1, 0.15) is 12.4 Å². The van der Waals surface area contributed by atoms with Gasteiger partial charge >= 0.3 is 5.97 Å². The number of carbonyl (C=O) groups is 1. The first-order valence-electron chi connectivity index (χ1n) is 11.6. The van der Waals surface area contributed by atoms with Crippen LogP contribution in [0.3, 0.4) is 0 Å². The molecule has 3 unspecified atom stereocenters. The van der Waals surface area contributed by atoms with Crippen LogP contribution in [0.25, 0.3) is 0 Å². The summed E-state index contributed by atoms with van der Waals surface area (Å²) in [7, 11) is 0. The van der Waals surface area contributed by atoms with Crippen molar-refractivity contribution in [1.29, 1.82) is 0 Å². The van der Waals surface area contributed by atoms with Gasteiger partial charge < -0.3 is 14.2 Å². The molecule has 3 rings (SSSR count). The molecular weight excluding hydrogens is 388 g/mol. The molecule has 1 saturated carbocycles. The lowest BCUT2D eigenvalue weighted by Gasteiger charge is -2.22. The molecule has 2 aromatic rings. The Bertz CT molecular complexity index is 781. The fraction of sp³-hybridized carbons (Fsp3) is 0.519. The maximum atomic E-state index is 12.5. The zero-order chi connectivity index (χ0) is 22.1. The van der Waals surface area contributed by atoms with Crippen LogP contribution in [-0.4, -0.2) is 25.5 Å². The summed E-state index contributed by atoms with van der Waals surface area (Å²) in [6.07, 6.45) is 6.05. The van der Waals surface area contributed by atoms with Crippen molar-refractivity contribution in [3.63, 3.8) is 0 Å². The highest BCUT2D eigenvalue weighted by molar-refractivity contribution is 5.73. The maximum Gasteiger partial charge on any atom is 0.311 e. The molecule has 168 valence electrons. The third kappa shape index (κ3) is 7.10. The predicted octanol–water partition coefficient (Wildman–Crippen LogP) is 6.46. The monoisotopic (exact) mass is 424 g/mol. The van der Waals surface area contributed by atoms with Crippen molar-refractivity contribution >= 4 is 5.97 Å². The molecule has 4 heteroatoms. The summed E-state index contributed by atoms with van der Waals surface area (Å²) >= 11 is 0. The molecule has 1 fully saturated rings. The van der Waals surface area contributed by atoms with Crippen LogP contribution in [0.15, 0.2) is 54.6 Å². The molecule has 2 aromatic carbocycles. The van der Waals surface area contributed by atoms with E-state index in [2.05, 4.69) is 12.1 Å². The van der Waals surface area contributed by atoms with Gasteiger partial charge in [-0.25, -0.2) is 0 Å². The minimum absolute atomic E-state index is 0.0841. The zero-order valence-electron chi connectivity index (χ0n) is 19.1. The Kier molecular flexibility index (Phi) is 8.96. The smallest absolute Gasteiger partial charge is 0.311 e. The second-order valence-corrected chi connectivity index (χ2v) is 8.62. The van der Waals surface area contributed by atoms with Gasteiger partial charge in [0.15, 0.2) is 6.29 Å². The molecular formula is C27H36O4. The van der Waals surface area contributed by atoms with Gasteiger partial charge in [-0.05, 0) is 54.9 Å². The molecule has 0 amide bonds. The van der Waals surface area contributed by atoms with Crippen molar-refractivity contribution in [2.75, 3.05) is 13.2 Å². The van der Waals surface area contributed by atoms with Gasteiger partial charge in [-0.15, -0.1) is 0 Å². The topological polar surface area (TPSA) is 44.8 Å². The van der Waals surface area contributed by atoms with Crippen LogP contribution in [0, 0.1) is 5.92 Å². The van der Waals surface area contributed by atoms with Gasteiger partial charge in [0.05, 0.1) is 12.5 Å². The fourth-order valence-corrected chi connectivity index (χ4v) is 4.20. The molecule has 0 aliphatic heterocycles. The Hall–Kier alpha value is -2.33. The molecule has 1 aliphatic carbocycles. The number of ether oxygens (including phenoxy) is 3. The molecule has 4 nitrogen and oxygen atoms in total. The first-order chi connectivity index (χ1) is 15.0. The van der Waals surface area contributed by atoms with Gasteiger partial charge in [-0.3, -0.25) is 4.79 Å². The molecule has 0 saturated heterocycles. The molecule has 0 N–H and O–H groups in total. The van der Waals surface area contributed by atoms with Gasteiger partial charge in [0.25, 0.3) is 0 Å². The van der Waals surface area contributed by atoms with Crippen LogP contribution in [0.2, 0.25) is 0 Å². The Labute approximate surface area is 186 Å². The minimum atomic E-state index is -0.602. The summed E-state index contributed by atoms with van der Waals surface area (Å²) in [6, 6.07) is 18.5. The Morgan fingerprint density at radius 3 is 2.26 bits per heavy atom. The zero-order valence-corrected chi connectivity index (χ0v) is 19.1. The van der Waals surface area contributed by atoms with E-state index in [-0.39, 0.29) is 17.8 Å². The number of carbonyl (C=O) groups excluding carboxylic acids is 1. The van der Waals surface area contributed by atoms with E-state index in [1.54, 1.807) is 6.92 Å². The SMILES string of the molecule is CC(OCCOc1ccc(C2CCCCC2)cc1)OC(=O)C(C)C(C)c1ccccc1. The van der Waals surface area contributed by atoms with E-state index in [4.69, 9.17) is 14.2 Å². The highest BCUT2D eigenvalue weighted by Crippen LogP contribution is 2.33. The Balaban J connectivity index is 1.35. The number of rotatable bonds is 10. The van der Waals surface area contributed by atoms with Gasteiger partial charge in [0, 0.05) is 0 Å². The lowest BCUT2D eigenvalue weighted by Crippen LogP contribution is -2.27. The standard InChI is InChI=1S/C27H36O4/c1-20(23-10-6-4-7-11-23)21(2)27(28)31-22(3)29-18-19-30-26-16-14-25(15-17-26)24-12-8-5-9-13-24/h4,6-7,10-11,14-17,20-22,24H,5,8-9,12-13,18-19H2,1-3H3. The second kappa shape index (κ2) is 11.9. The number of hydrogen-bond acceptors (Lipinski definition) is 4. The minimum Gasteiger partial charge on any atom is -0.491 e. The third-order valence-electron chi connectivity index (χ3n) is 6.39. The summed E-state index contributed by atoms with van der Waals surface area (Å²) in [5, 5.41) is 0. The van der Waals surface area contributed by atoms with E-state index < -0.39 is 6.29 Å². The van der Waals surface area contributed by atoms with Crippen LogP contribution in [0.5, 0.6) is 5.75 Å². The highest BCUT2D eigenvalue weighted by atomic mass is 16.7. The van der Waals surface area contributed by atoms with E-state index in [0.717, 1.165) is 11.3 Å². The summed E-state index contributed by atoms with van der Waals surface area (Å²) in [6.45, 7) is 6.46. The normalized spacial score (nSPS) is 17.5. The Morgan fingerprint density at radius 2 is 1.58 bits per heavy atom. The average molecular weight is 425 g/mol. The van der Waals surface area contributed by atoms with Gasteiger partial charge in [-0.1, -0.05) is 75.6 Å². The predicted molar refractivity (Wildman–Crippen MR) is 123 cm³/mol. The highest BCUT2D eigenvalue weighted by Gasteiger charge is 2.24. The molecule has 0 aromatic heterocycles. The number of esters is 1. The molecule has 31 heavy (non-hydrogen) atoms. The summed E-state index contributed by atoms with van der Waals surface area (Å²) in [5.74, 6) is 1.14.